The Morgan fingerprint density at radius 2 is 2.03 bits per heavy atom. The number of benzene rings is 1. The minimum absolute atomic E-state index is 0.119. The second-order valence-electron chi connectivity index (χ2n) is 7.67. The zero-order chi connectivity index (χ0) is 21.8. The normalized spacial score (nSPS) is 12.0. The van der Waals surface area contributed by atoms with Gasteiger partial charge >= 0.3 is 5.97 Å². The molecule has 3 rings (SSSR count). The molecule has 7 heteroatoms. The standard InChI is InChI=1S/C23H28N4O3/c1-5-17(11-20(28)29)26-23(30)22-18(7-6-8-24-22)25-12-16-13-27(4)19-10-14(2)9-15(3)21(16)19/h6-10,13,17,25H,5,11-12H2,1-4H3,(H,26,30)(H,28,29)/t17-/m1/s1. The molecule has 0 spiro atoms. The van der Waals surface area contributed by atoms with E-state index in [1.165, 1.54) is 22.0 Å². The van der Waals surface area contributed by atoms with Crippen molar-refractivity contribution in [1.82, 2.24) is 14.9 Å². The predicted octanol–water partition coefficient (Wildman–Crippen LogP) is 3.79. The number of hydrogen-bond acceptors (Lipinski definition) is 4. The number of amides is 1. The maximum absolute atomic E-state index is 12.7. The molecule has 0 unspecified atom stereocenters. The van der Waals surface area contributed by atoms with E-state index in [9.17, 15) is 9.59 Å². The van der Waals surface area contributed by atoms with Crippen LogP contribution in [0.2, 0.25) is 0 Å². The first kappa shape index (κ1) is 21.4. The predicted molar refractivity (Wildman–Crippen MR) is 118 cm³/mol. The van der Waals surface area contributed by atoms with E-state index in [-0.39, 0.29) is 18.0 Å². The molecular weight excluding hydrogens is 380 g/mol. The van der Waals surface area contributed by atoms with Crippen molar-refractivity contribution >= 4 is 28.5 Å². The van der Waals surface area contributed by atoms with E-state index >= 15 is 0 Å². The van der Waals surface area contributed by atoms with E-state index in [0.717, 1.165) is 5.56 Å². The highest BCUT2D eigenvalue weighted by Gasteiger charge is 2.19. The van der Waals surface area contributed by atoms with Crippen molar-refractivity contribution in [2.75, 3.05) is 5.32 Å². The van der Waals surface area contributed by atoms with Gasteiger partial charge in [0.15, 0.2) is 5.69 Å². The number of carbonyl (C=O) groups is 2. The zero-order valence-electron chi connectivity index (χ0n) is 17.8. The molecule has 0 aliphatic rings. The number of hydrogen-bond donors (Lipinski definition) is 3. The molecule has 0 bridgehead atoms. The lowest BCUT2D eigenvalue weighted by Gasteiger charge is -2.16. The molecule has 3 aromatic rings. The molecule has 0 saturated carbocycles. The summed E-state index contributed by atoms with van der Waals surface area (Å²) in [5.74, 6) is -1.32. The molecule has 0 aliphatic heterocycles. The lowest BCUT2D eigenvalue weighted by molar-refractivity contribution is -0.137. The Bertz CT molecular complexity index is 1090. The SMILES string of the molecule is CC[C@H](CC(=O)O)NC(=O)c1ncccc1NCc1cn(C)c2cc(C)cc(C)c12. The molecule has 1 atom stereocenters. The van der Waals surface area contributed by atoms with Crippen LogP contribution in [-0.4, -0.2) is 32.6 Å². The largest absolute Gasteiger partial charge is 0.481 e. The molecule has 0 fully saturated rings. The summed E-state index contributed by atoms with van der Waals surface area (Å²) in [7, 11) is 2.03. The van der Waals surface area contributed by atoms with Gasteiger partial charge in [-0.05, 0) is 55.2 Å². The summed E-state index contributed by atoms with van der Waals surface area (Å²) in [6.07, 6.45) is 4.07. The van der Waals surface area contributed by atoms with Crippen molar-refractivity contribution < 1.29 is 14.7 Å². The van der Waals surface area contributed by atoms with Crippen LogP contribution in [0, 0.1) is 13.8 Å². The lowest BCUT2D eigenvalue weighted by Crippen LogP contribution is -2.36. The monoisotopic (exact) mass is 408 g/mol. The quantitative estimate of drug-likeness (QED) is 0.527. The fourth-order valence-electron chi connectivity index (χ4n) is 3.82. The number of anilines is 1. The van der Waals surface area contributed by atoms with Crippen molar-refractivity contribution in [3.8, 4) is 0 Å². The maximum Gasteiger partial charge on any atom is 0.305 e. The smallest absolute Gasteiger partial charge is 0.305 e. The van der Waals surface area contributed by atoms with Crippen molar-refractivity contribution in [1.29, 1.82) is 0 Å². The first-order valence-electron chi connectivity index (χ1n) is 10.1. The average molecular weight is 409 g/mol. The Labute approximate surface area is 176 Å². The number of fused-ring (bicyclic) bond motifs is 1. The molecule has 2 aromatic heterocycles. The number of aromatic nitrogens is 2. The van der Waals surface area contributed by atoms with E-state index in [0.29, 0.717) is 18.7 Å². The van der Waals surface area contributed by atoms with Crippen LogP contribution in [0.4, 0.5) is 5.69 Å². The van der Waals surface area contributed by atoms with Gasteiger partial charge in [0.1, 0.15) is 0 Å². The van der Waals surface area contributed by atoms with Crippen LogP contribution in [0.3, 0.4) is 0 Å². The number of aryl methyl sites for hydroxylation is 3. The van der Waals surface area contributed by atoms with E-state index in [1.807, 2.05) is 20.0 Å². The van der Waals surface area contributed by atoms with Gasteiger partial charge in [-0.2, -0.15) is 0 Å². The first-order chi connectivity index (χ1) is 14.3. The van der Waals surface area contributed by atoms with Gasteiger partial charge in [-0.15, -0.1) is 0 Å². The molecule has 158 valence electrons. The molecule has 2 heterocycles. The molecule has 0 saturated heterocycles. The van der Waals surface area contributed by atoms with Crippen LogP contribution in [-0.2, 0) is 18.4 Å². The maximum atomic E-state index is 12.7. The summed E-state index contributed by atoms with van der Waals surface area (Å²) in [5.41, 5.74) is 5.62. The molecule has 0 aliphatic carbocycles. The van der Waals surface area contributed by atoms with E-state index in [2.05, 4.69) is 52.4 Å². The fraction of sp³-hybridized carbons (Fsp3) is 0.348. The Morgan fingerprint density at radius 3 is 2.73 bits per heavy atom. The Morgan fingerprint density at radius 1 is 1.27 bits per heavy atom. The Balaban J connectivity index is 1.82. The molecule has 0 radical (unpaired) electrons. The minimum Gasteiger partial charge on any atom is -0.481 e. The van der Waals surface area contributed by atoms with Gasteiger partial charge in [-0.1, -0.05) is 13.0 Å². The molecular formula is C23H28N4O3. The third-order valence-corrected chi connectivity index (χ3v) is 5.25. The topological polar surface area (TPSA) is 96.2 Å². The van der Waals surface area contributed by atoms with E-state index in [4.69, 9.17) is 5.11 Å². The number of aliphatic carboxylic acids is 1. The van der Waals surface area contributed by atoms with Gasteiger partial charge in [-0.25, -0.2) is 4.98 Å². The number of carboxylic acids is 1. The van der Waals surface area contributed by atoms with Crippen molar-refractivity contribution in [2.24, 2.45) is 7.05 Å². The van der Waals surface area contributed by atoms with Gasteiger partial charge in [0.05, 0.1) is 12.1 Å². The van der Waals surface area contributed by atoms with Crippen molar-refractivity contribution in [2.45, 2.75) is 46.2 Å². The second-order valence-corrected chi connectivity index (χ2v) is 7.67. The summed E-state index contributed by atoms with van der Waals surface area (Å²) < 4.78 is 2.11. The highest BCUT2D eigenvalue weighted by atomic mass is 16.4. The highest BCUT2D eigenvalue weighted by Crippen LogP contribution is 2.27. The second kappa shape index (κ2) is 8.98. The van der Waals surface area contributed by atoms with Crippen LogP contribution in [0.25, 0.3) is 10.9 Å². The van der Waals surface area contributed by atoms with Crippen LogP contribution in [0.5, 0.6) is 0 Å². The Hall–Kier alpha value is -3.35. The number of pyridine rings is 1. The van der Waals surface area contributed by atoms with Crippen molar-refractivity contribution in [3.05, 3.63) is 59.0 Å². The van der Waals surface area contributed by atoms with Gasteiger partial charge in [0.2, 0.25) is 0 Å². The summed E-state index contributed by atoms with van der Waals surface area (Å²) in [5, 5.41) is 16.3. The van der Waals surface area contributed by atoms with Crippen LogP contribution >= 0.6 is 0 Å². The molecule has 7 nitrogen and oxygen atoms in total. The van der Waals surface area contributed by atoms with Crippen molar-refractivity contribution in [3.63, 3.8) is 0 Å². The molecule has 1 aromatic carbocycles. The van der Waals surface area contributed by atoms with Gasteiger partial charge in [0.25, 0.3) is 5.91 Å². The number of rotatable bonds is 8. The molecule has 3 N–H and O–H groups in total. The summed E-state index contributed by atoms with van der Waals surface area (Å²) in [6, 6.07) is 7.48. The third-order valence-electron chi connectivity index (χ3n) is 5.25. The number of nitrogens with zero attached hydrogens (tertiary/aromatic N) is 2. The average Bonchev–Trinajstić information content (AvgIpc) is 3.01. The first-order valence-corrected chi connectivity index (χ1v) is 10.1. The van der Waals surface area contributed by atoms with Gasteiger partial charge in [-0.3, -0.25) is 9.59 Å². The lowest BCUT2D eigenvalue weighted by atomic mass is 10.0. The Kier molecular flexibility index (Phi) is 6.40. The third kappa shape index (κ3) is 4.62. The van der Waals surface area contributed by atoms with Crippen LogP contribution in [0.15, 0.2) is 36.7 Å². The number of nitrogens with one attached hydrogen (secondary N) is 2. The minimum atomic E-state index is -0.942. The number of carboxylic acid groups (broad SMARTS) is 1. The molecule has 30 heavy (non-hydrogen) atoms. The summed E-state index contributed by atoms with van der Waals surface area (Å²) in [4.78, 5) is 27.9. The van der Waals surface area contributed by atoms with E-state index < -0.39 is 12.0 Å². The number of carbonyl (C=O) groups excluding carboxylic acids is 1. The van der Waals surface area contributed by atoms with E-state index in [1.54, 1.807) is 12.3 Å². The van der Waals surface area contributed by atoms with Crippen LogP contribution in [0.1, 0.15) is 46.9 Å². The van der Waals surface area contributed by atoms with Crippen LogP contribution < -0.4 is 10.6 Å². The fourth-order valence-corrected chi connectivity index (χ4v) is 3.82. The zero-order valence-corrected chi connectivity index (χ0v) is 17.8. The van der Waals surface area contributed by atoms with Gasteiger partial charge in [0, 0.05) is 42.9 Å². The highest BCUT2D eigenvalue weighted by molar-refractivity contribution is 5.98. The van der Waals surface area contributed by atoms with Gasteiger partial charge < -0.3 is 20.3 Å². The summed E-state index contributed by atoms with van der Waals surface area (Å²) in [6.45, 7) is 6.58. The molecule has 1 amide bonds. The summed E-state index contributed by atoms with van der Waals surface area (Å²) >= 11 is 0.